The Kier molecular flexibility index (Phi) is 11.4. The highest BCUT2D eigenvalue weighted by Crippen LogP contribution is 2.51. The van der Waals surface area contributed by atoms with Gasteiger partial charge in [-0.15, -0.1) is 0 Å². The average Bonchev–Trinajstić information content (AvgIpc) is 2.60. The van der Waals surface area contributed by atoms with E-state index >= 15 is 0 Å². The second kappa shape index (κ2) is 12.4. The van der Waals surface area contributed by atoms with Crippen LogP contribution in [0.2, 0.25) is 0 Å². The molecule has 144 valence electrons. The van der Waals surface area contributed by atoms with E-state index in [2.05, 4.69) is 27.7 Å². The van der Waals surface area contributed by atoms with Crippen LogP contribution in [0.3, 0.4) is 0 Å². The van der Waals surface area contributed by atoms with Gasteiger partial charge in [0.05, 0.1) is 0 Å². The van der Waals surface area contributed by atoms with Crippen molar-refractivity contribution in [3.63, 3.8) is 0 Å². The molecular weight excluding hydrogens is 288 g/mol. The summed E-state index contributed by atoms with van der Waals surface area (Å²) in [7, 11) is 0. The standard InChI is InChI=1S/C24H48/c1-5-23(3,6-2)24(4)21-19-17-15-13-11-9-7-8-10-12-14-16-18-20-22-24/h5-22H2,1-4H3. The number of hydrogen-bond acceptors (Lipinski definition) is 0. The summed E-state index contributed by atoms with van der Waals surface area (Å²) in [6.45, 7) is 10.1. The van der Waals surface area contributed by atoms with Crippen molar-refractivity contribution < 1.29 is 0 Å². The average molecular weight is 337 g/mol. The van der Waals surface area contributed by atoms with Crippen LogP contribution in [0, 0.1) is 10.8 Å². The van der Waals surface area contributed by atoms with Crippen LogP contribution in [0.5, 0.6) is 0 Å². The van der Waals surface area contributed by atoms with Crippen molar-refractivity contribution in [2.45, 2.75) is 143 Å². The Bertz CT molecular complexity index is 268. The van der Waals surface area contributed by atoms with Crippen LogP contribution in [-0.2, 0) is 0 Å². The maximum atomic E-state index is 2.63. The first kappa shape index (κ1) is 22.0. The van der Waals surface area contributed by atoms with E-state index in [0.717, 1.165) is 0 Å². The normalized spacial score (nSPS) is 23.5. The van der Waals surface area contributed by atoms with Crippen molar-refractivity contribution in [3.8, 4) is 0 Å². The molecule has 0 nitrogen and oxygen atoms in total. The molecule has 0 amide bonds. The molecule has 0 heteroatoms. The Hall–Kier alpha value is 0. The Morgan fingerprint density at radius 1 is 0.542 bits per heavy atom. The molecule has 1 aliphatic rings. The monoisotopic (exact) mass is 336 g/mol. The van der Waals surface area contributed by atoms with Crippen molar-refractivity contribution in [2.24, 2.45) is 10.8 Å². The van der Waals surface area contributed by atoms with E-state index in [9.17, 15) is 0 Å². The summed E-state index contributed by atoms with van der Waals surface area (Å²) in [6, 6.07) is 0. The van der Waals surface area contributed by atoms with Crippen LogP contribution in [-0.4, -0.2) is 0 Å². The fourth-order valence-corrected chi connectivity index (χ4v) is 4.98. The Morgan fingerprint density at radius 3 is 1.04 bits per heavy atom. The highest BCUT2D eigenvalue weighted by molar-refractivity contribution is 4.91. The molecule has 24 heavy (non-hydrogen) atoms. The van der Waals surface area contributed by atoms with Crippen molar-refractivity contribution in [2.75, 3.05) is 0 Å². The van der Waals surface area contributed by atoms with Gasteiger partial charge in [0.25, 0.3) is 0 Å². The lowest BCUT2D eigenvalue weighted by Gasteiger charge is -2.47. The molecule has 0 atom stereocenters. The minimum Gasteiger partial charge on any atom is -0.0648 e. The zero-order chi connectivity index (χ0) is 17.7. The second-order valence-electron chi connectivity index (χ2n) is 9.28. The van der Waals surface area contributed by atoms with Gasteiger partial charge in [-0.2, -0.15) is 0 Å². The van der Waals surface area contributed by atoms with E-state index in [0.29, 0.717) is 10.8 Å². The predicted octanol–water partition coefficient (Wildman–Crippen LogP) is 9.07. The Balaban J connectivity index is 2.58. The van der Waals surface area contributed by atoms with E-state index in [-0.39, 0.29) is 0 Å². The van der Waals surface area contributed by atoms with E-state index in [1.807, 2.05) is 0 Å². The molecule has 1 saturated carbocycles. The quantitative estimate of drug-likeness (QED) is 0.482. The lowest BCUT2D eigenvalue weighted by Crippen LogP contribution is -2.37. The maximum Gasteiger partial charge on any atom is -0.0272 e. The summed E-state index contributed by atoms with van der Waals surface area (Å²) in [6.07, 6.45) is 26.3. The fraction of sp³-hybridized carbons (Fsp3) is 1.00. The van der Waals surface area contributed by atoms with Crippen LogP contribution in [0.1, 0.15) is 143 Å². The van der Waals surface area contributed by atoms with Gasteiger partial charge in [0.1, 0.15) is 0 Å². The lowest BCUT2D eigenvalue weighted by molar-refractivity contribution is 0.0346. The van der Waals surface area contributed by atoms with Gasteiger partial charge in [-0.05, 0) is 23.7 Å². The highest BCUT2D eigenvalue weighted by atomic mass is 14.5. The van der Waals surface area contributed by atoms with Crippen molar-refractivity contribution >= 4 is 0 Å². The van der Waals surface area contributed by atoms with E-state index in [4.69, 9.17) is 0 Å². The molecule has 0 unspecified atom stereocenters. The fourth-order valence-electron chi connectivity index (χ4n) is 4.98. The third-order valence-corrected chi connectivity index (χ3v) is 7.72. The minimum absolute atomic E-state index is 0.538. The predicted molar refractivity (Wildman–Crippen MR) is 111 cm³/mol. The first-order chi connectivity index (χ1) is 11.6. The van der Waals surface area contributed by atoms with E-state index < -0.39 is 0 Å². The molecule has 1 rings (SSSR count). The summed E-state index contributed by atoms with van der Waals surface area (Å²) < 4.78 is 0. The van der Waals surface area contributed by atoms with Crippen LogP contribution < -0.4 is 0 Å². The summed E-state index contributed by atoms with van der Waals surface area (Å²) in [5.41, 5.74) is 1.10. The Morgan fingerprint density at radius 2 is 0.792 bits per heavy atom. The molecule has 0 aromatic carbocycles. The van der Waals surface area contributed by atoms with E-state index in [1.54, 1.807) is 0 Å². The second-order valence-corrected chi connectivity index (χ2v) is 9.28. The smallest absolute Gasteiger partial charge is 0.0272 e. The summed E-state index contributed by atoms with van der Waals surface area (Å²) in [5, 5.41) is 0. The first-order valence-electron chi connectivity index (χ1n) is 11.6. The molecule has 0 saturated heterocycles. The van der Waals surface area contributed by atoms with Crippen molar-refractivity contribution in [1.82, 2.24) is 0 Å². The first-order valence-corrected chi connectivity index (χ1v) is 11.6. The molecule has 0 aliphatic heterocycles. The largest absolute Gasteiger partial charge is 0.0648 e. The molecule has 0 aromatic rings. The molecule has 0 spiro atoms. The zero-order valence-corrected chi connectivity index (χ0v) is 17.7. The molecular formula is C24H48. The molecule has 0 aromatic heterocycles. The van der Waals surface area contributed by atoms with Gasteiger partial charge in [-0.25, -0.2) is 0 Å². The molecule has 0 N–H and O–H groups in total. The van der Waals surface area contributed by atoms with Crippen molar-refractivity contribution in [1.29, 1.82) is 0 Å². The maximum absolute atomic E-state index is 2.63. The van der Waals surface area contributed by atoms with Crippen molar-refractivity contribution in [3.05, 3.63) is 0 Å². The molecule has 0 bridgehead atoms. The van der Waals surface area contributed by atoms with Gasteiger partial charge in [-0.3, -0.25) is 0 Å². The zero-order valence-electron chi connectivity index (χ0n) is 17.7. The minimum atomic E-state index is 0.538. The van der Waals surface area contributed by atoms with Gasteiger partial charge in [0.15, 0.2) is 0 Å². The van der Waals surface area contributed by atoms with Crippen LogP contribution in [0.15, 0.2) is 0 Å². The number of hydrogen-bond donors (Lipinski definition) is 0. The number of rotatable bonds is 3. The SMILES string of the molecule is CCC(C)(CC)C1(C)CCCCCCCCCCCCCCCC1. The van der Waals surface area contributed by atoms with Gasteiger partial charge in [0.2, 0.25) is 0 Å². The third-order valence-electron chi connectivity index (χ3n) is 7.72. The van der Waals surface area contributed by atoms with E-state index in [1.165, 1.54) is 116 Å². The van der Waals surface area contributed by atoms with Gasteiger partial charge in [-0.1, -0.05) is 130 Å². The summed E-state index contributed by atoms with van der Waals surface area (Å²) >= 11 is 0. The van der Waals surface area contributed by atoms with Gasteiger partial charge < -0.3 is 0 Å². The highest BCUT2D eigenvalue weighted by Gasteiger charge is 2.40. The summed E-state index contributed by atoms with van der Waals surface area (Å²) in [4.78, 5) is 0. The van der Waals surface area contributed by atoms with Crippen LogP contribution in [0.4, 0.5) is 0 Å². The lowest BCUT2D eigenvalue weighted by atomic mass is 9.58. The van der Waals surface area contributed by atoms with Crippen LogP contribution >= 0.6 is 0 Å². The molecule has 0 heterocycles. The van der Waals surface area contributed by atoms with Gasteiger partial charge >= 0.3 is 0 Å². The van der Waals surface area contributed by atoms with Crippen LogP contribution in [0.25, 0.3) is 0 Å². The molecule has 1 aliphatic carbocycles. The van der Waals surface area contributed by atoms with Gasteiger partial charge in [0, 0.05) is 0 Å². The topological polar surface area (TPSA) is 0 Å². The molecule has 1 fully saturated rings. The summed E-state index contributed by atoms with van der Waals surface area (Å²) in [5.74, 6) is 0. The molecule has 0 radical (unpaired) electrons. The Labute approximate surface area is 154 Å². The third kappa shape index (κ3) is 7.49.